The second kappa shape index (κ2) is 5.56. The Kier molecular flexibility index (Phi) is 3.85. The van der Waals surface area contributed by atoms with Gasteiger partial charge in [0.05, 0.1) is 6.61 Å². The molecule has 0 saturated heterocycles. The zero-order chi connectivity index (χ0) is 13.8. The maximum absolute atomic E-state index is 12.0. The summed E-state index contributed by atoms with van der Waals surface area (Å²) in [6, 6.07) is 6.60. The largest absolute Gasteiger partial charge is 0.464 e. The van der Waals surface area contributed by atoms with Crippen molar-refractivity contribution in [2.45, 2.75) is 19.9 Å². The first-order valence-electron chi connectivity index (χ1n) is 6.16. The van der Waals surface area contributed by atoms with Crippen molar-refractivity contribution in [2.24, 2.45) is 0 Å². The predicted molar refractivity (Wildman–Crippen MR) is 71.9 cm³/mol. The lowest BCUT2D eigenvalue weighted by Crippen LogP contribution is -2.39. The maximum Gasteiger partial charge on any atom is 0.328 e. The quantitative estimate of drug-likeness (QED) is 0.824. The van der Waals surface area contributed by atoms with Crippen molar-refractivity contribution in [3.8, 4) is 0 Å². The standard InChI is InChI=1S/C14H16N2O3/c1-3-19-14(18)9(2)16-13(17)11-5-4-10-6-7-15-12(10)8-11/h4-9,15H,3H2,1-2H3,(H,16,17). The van der Waals surface area contributed by atoms with Crippen LogP contribution in [0.3, 0.4) is 0 Å². The molecule has 0 bridgehead atoms. The summed E-state index contributed by atoms with van der Waals surface area (Å²) in [6.45, 7) is 3.63. The maximum atomic E-state index is 12.0. The van der Waals surface area contributed by atoms with Gasteiger partial charge in [0.25, 0.3) is 5.91 Å². The number of carbonyl (C=O) groups is 2. The minimum absolute atomic E-state index is 0.294. The Bertz CT molecular complexity index is 604. The fraction of sp³-hybridized carbons (Fsp3) is 0.286. The number of fused-ring (bicyclic) bond motifs is 1. The number of hydrogen-bond donors (Lipinski definition) is 2. The van der Waals surface area contributed by atoms with Crippen LogP contribution in [0.15, 0.2) is 30.5 Å². The van der Waals surface area contributed by atoms with Crippen LogP contribution in [0.5, 0.6) is 0 Å². The fourth-order valence-electron chi connectivity index (χ4n) is 1.80. The van der Waals surface area contributed by atoms with E-state index < -0.39 is 12.0 Å². The number of hydrogen-bond acceptors (Lipinski definition) is 3. The van der Waals surface area contributed by atoms with Gasteiger partial charge in [0.15, 0.2) is 0 Å². The summed E-state index contributed by atoms with van der Waals surface area (Å²) in [4.78, 5) is 26.5. The third-order valence-corrected chi connectivity index (χ3v) is 2.80. The van der Waals surface area contributed by atoms with Crippen LogP contribution in [0, 0.1) is 0 Å². The van der Waals surface area contributed by atoms with Crippen LogP contribution in [-0.4, -0.2) is 29.5 Å². The minimum atomic E-state index is -0.660. The first-order chi connectivity index (χ1) is 9.11. The highest BCUT2D eigenvalue weighted by Crippen LogP contribution is 2.14. The van der Waals surface area contributed by atoms with Gasteiger partial charge in [0.1, 0.15) is 6.04 Å². The molecule has 1 atom stereocenters. The highest BCUT2D eigenvalue weighted by molar-refractivity contribution is 5.99. The number of benzene rings is 1. The molecule has 19 heavy (non-hydrogen) atoms. The topological polar surface area (TPSA) is 71.2 Å². The predicted octanol–water partition coefficient (Wildman–Crippen LogP) is 1.85. The molecule has 2 rings (SSSR count). The molecule has 1 aromatic heterocycles. The molecule has 1 amide bonds. The lowest BCUT2D eigenvalue weighted by molar-refractivity contribution is -0.144. The van der Waals surface area contributed by atoms with Crippen molar-refractivity contribution in [2.75, 3.05) is 6.61 Å². The Labute approximate surface area is 110 Å². The van der Waals surface area contributed by atoms with E-state index in [0.717, 1.165) is 10.9 Å². The van der Waals surface area contributed by atoms with Crippen molar-refractivity contribution in [3.05, 3.63) is 36.0 Å². The highest BCUT2D eigenvalue weighted by atomic mass is 16.5. The number of ether oxygens (including phenoxy) is 1. The van der Waals surface area contributed by atoms with Crippen molar-refractivity contribution < 1.29 is 14.3 Å². The third-order valence-electron chi connectivity index (χ3n) is 2.80. The monoisotopic (exact) mass is 260 g/mol. The van der Waals surface area contributed by atoms with Crippen molar-refractivity contribution >= 4 is 22.8 Å². The molecular formula is C14H16N2O3. The molecule has 1 aromatic carbocycles. The number of aromatic amines is 1. The summed E-state index contributed by atoms with van der Waals surface area (Å²) in [5.41, 5.74) is 1.39. The summed E-state index contributed by atoms with van der Waals surface area (Å²) >= 11 is 0. The van der Waals surface area contributed by atoms with E-state index in [1.807, 2.05) is 18.3 Å². The molecule has 5 nitrogen and oxygen atoms in total. The minimum Gasteiger partial charge on any atom is -0.464 e. The summed E-state index contributed by atoms with van der Waals surface area (Å²) in [6.07, 6.45) is 1.81. The van der Waals surface area contributed by atoms with Gasteiger partial charge >= 0.3 is 5.97 Å². The molecule has 0 saturated carbocycles. The Hall–Kier alpha value is -2.30. The summed E-state index contributed by atoms with van der Waals surface area (Å²) < 4.78 is 4.84. The summed E-state index contributed by atoms with van der Waals surface area (Å²) in [7, 11) is 0. The number of aromatic nitrogens is 1. The van der Waals surface area contributed by atoms with Gasteiger partial charge in [-0.2, -0.15) is 0 Å². The van der Waals surface area contributed by atoms with Crippen LogP contribution in [0.25, 0.3) is 10.9 Å². The second-order valence-electron chi connectivity index (χ2n) is 4.23. The Morgan fingerprint density at radius 2 is 2.16 bits per heavy atom. The zero-order valence-corrected chi connectivity index (χ0v) is 10.9. The number of H-pyrrole nitrogens is 1. The molecule has 0 aliphatic carbocycles. The van der Waals surface area contributed by atoms with Crippen molar-refractivity contribution in [3.63, 3.8) is 0 Å². The van der Waals surface area contributed by atoms with Gasteiger partial charge in [-0.15, -0.1) is 0 Å². The van der Waals surface area contributed by atoms with Crippen LogP contribution < -0.4 is 5.32 Å². The fourth-order valence-corrected chi connectivity index (χ4v) is 1.80. The molecule has 1 heterocycles. The molecule has 5 heteroatoms. The van der Waals surface area contributed by atoms with Gasteiger partial charge in [0.2, 0.25) is 0 Å². The van der Waals surface area contributed by atoms with Crippen LogP contribution in [0.2, 0.25) is 0 Å². The average Bonchev–Trinajstić information content (AvgIpc) is 2.85. The normalized spacial score (nSPS) is 12.1. The van der Waals surface area contributed by atoms with Crippen LogP contribution in [0.1, 0.15) is 24.2 Å². The molecule has 2 N–H and O–H groups in total. The van der Waals surface area contributed by atoms with E-state index in [-0.39, 0.29) is 5.91 Å². The molecule has 0 fully saturated rings. The van der Waals surface area contributed by atoms with Crippen molar-refractivity contribution in [1.82, 2.24) is 10.3 Å². The van der Waals surface area contributed by atoms with Gasteiger partial charge in [-0.3, -0.25) is 4.79 Å². The second-order valence-corrected chi connectivity index (χ2v) is 4.23. The third kappa shape index (κ3) is 2.93. The zero-order valence-electron chi connectivity index (χ0n) is 10.9. The van der Waals surface area contributed by atoms with Gasteiger partial charge in [-0.1, -0.05) is 6.07 Å². The molecule has 0 radical (unpaired) electrons. The number of carbonyl (C=O) groups excluding carboxylic acids is 2. The molecule has 2 aromatic rings. The molecule has 100 valence electrons. The first-order valence-corrected chi connectivity index (χ1v) is 6.16. The van der Waals surface area contributed by atoms with Gasteiger partial charge in [0, 0.05) is 17.3 Å². The summed E-state index contributed by atoms with van der Waals surface area (Å²) in [5.74, 6) is -0.728. The molecule has 0 aliphatic heterocycles. The molecule has 0 aliphatic rings. The molecule has 0 spiro atoms. The van der Waals surface area contributed by atoms with E-state index in [9.17, 15) is 9.59 Å². The number of rotatable bonds is 4. The molecule has 1 unspecified atom stereocenters. The van der Waals surface area contributed by atoms with E-state index in [0.29, 0.717) is 12.2 Å². The number of nitrogens with one attached hydrogen (secondary N) is 2. The van der Waals surface area contributed by atoms with Crippen LogP contribution in [0.4, 0.5) is 0 Å². The Morgan fingerprint density at radius 3 is 2.89 bits per heavy atom. The SMILES string of the molecule is CCOC(=O)C(C)NC(=O)c1ccc2cc[nH]c2c1. The highest BCUT2D eigenvalue weighted by Gasteiger charge is 2.17. The number of amides is 1. The smallest absolute Gasteiger partial charge is 0.328 e. The average molecular weight is 260 g/mol. The van der Waals surface area contributed by atoms with E-state index in [1.165, 1.54) is 0 Å². The van der Waals surface area contributed by atoms with Gasteiger partial charge < -0.3 is 15.0 Å². The van der Waals surface area contributed by atoms with Gasteiger partial charge in [-0.05, 0) is 37.4 Å². The van der Waals surface area contributed by atoms with E-state index in [1.54, 1.807) is 26.0 Å². The molecular weight excluding hydrogens is 244 g/mol. The lowest BCUT2D eigenvalue weighted by Gasteiger charge is -2.12. The van der Waals surface area contributed by atoms with E-state index in [2.05, 4.69) is 10.3 Å². The lowest BCUT2D eigenvalue weighted by atomic mass is 10.1. The number of esters is 1. The Balaban J connectivity index is 2.08. The first kappa shape index (κ1) is 13.1. The van der Waals surface area contributed by atoms with E-state index in [4.69, 9.17) is 4.74 Å². The van der Waals surface area contributed by atoms with Crippen LogP contribution in [-0.2, 0) is 9.53 Å². The Morgan fingerprint density at radius 1 is 1.37 bits per heavy atom. The van der Waals surface area contributed by atoms with Crippen LogP contribution >= 0.6 is 0 Å². The van der Waals surface area contributed by atoms with Gasteiger partial charge in [-0.25, -0.2) is 4.79 Å². The van der Waals surface area contributed by atoms with E-state index >= 15 is 0 Å². The van der Waals surface area contributed by atoms with Crippen molar-refractivity contribution in [1.29, 1.82) is 0 Å². The summed E-state index contributed by atoms with van der Waals surface area (Å²) in [5, 5.41) is 3.65.